The van der Waals surface area contributed by atoms with Crippen LogP contribution in [0.5, 0.6) is 0 Å². The standard InChI is InChI=1S/C19H22N8O2/c1-12(17-22-11-23-26-17)25-19(29)15-10-24-27-6-4-13(7-16(15)27)8-21-18(28)14-3-2-5-20-9-14/h2-3,5,9-13H,4,6-8H2,1H3,(H,21,28)(H,25,29)(H,22,23,26)/t12-,13+/m0/s1. The fourth-order valence-corrected chi connectivity index (χ4v) is 3.47. The summed E-state index contributed by atoms with van der Waals surface area (Å²) in [5.41, 5.74) is 1.98. The third kappa shape index (κ3) is 4.15. The molecule has 29 heavy (non-hydrogen) atoms. The van der Waals surface area contributed by atoms with E-state index in [1.807, 2.05) is 11.6 Å². The molecule has 3 aromatic heterocycles. The third-order valence-electron chi connectivity index (χ3n) is 5.09. The molecule has 3 aromatic rings. The summed E-state index contributed by atoms with van der Waals surface area (Å²) in [4.78, 5) is 33.0. The lowest BCUT2D eigenvalue weighted by atomic mass is 9.94. The first-order valence-electron chi connectivity index (χ1n) is 9.51. The van der Waals surface area contributed by atoms with Crippen molar-refractivity contribution >= 4 is 11.8 Å². The van der Waals surface area contributed by atoms with Crippen molar-refractivity contribution < 1.29 is 9.59 Å². The third-order valence-corrected chi connectivity index (χ3v) is 5.09. The molecule has 0 aromatic carbocycles. The van der Waals surface area contributed by atoms with E-state index in [4.69, 9.17) is 0 Å². The van der Waals surface area contributed by atoms with Gasteiger partial charge in [-0.2, -0.15) is 10.2 Å². The molecule has 0 fully saturated rings. The molecule has 0 saturated carbocycles. The lowest BCUT2D eigenvalue weighted by molar-refractivity contribution is 0.0927. The van der Waals surface area contributed by atoms with Crippen LogP contribution in [0.25, 0.3) is 0 Å². The number of carbonyl (C=O) groups is 2. The number of aromatic amines is 1. The van der Waals surface area contributed by atoms with Gasteiger partial charge in [-0.3, -0.25) is 24.4 Å². The van der Waals surface area contributed by atoms with Crippen LogP contribution >= 0.6 is 0 Å². The summed E-state index contributed by atoms with van der Waals surface area (Å²) in [5.74, 6) is 0.486. The number of amides is 2. The highest BCUT2D eigenvalue weighted by Gasteiger charge is 2.26. The molecule has 0 aliphatic carbocycles. The normalized spacial score (nSPS) is 16.7. The van der Waals surface area contributed by atoms with Gasteiger partial charge in [-0.1, -0.05) is 0 Å². The Hall–Kier alpha value is -3.56. The molecule has 0 saturated heterocycles. The second kappa shape index (κ2) is 8.21. The zero-order chi connectivity index (χ0) is 20.2. The highest BCUT2D eigenvalue weighted by atomic mass is 16.2. The van der Waals surface area contributed by atoms with Crippen molar-refractivity contribution in [2.75, 3.05) is 6.54 Å². The van der Waals surface area contributed by atoms with Crippen molar-refractivity contribution in [2.45, 2.75) is 32.4 Å². The maximum absolute atomic E-state index is 12.7. The molecular weight excluding hydrogens is 372 g/mol. The first-order chi connectivity index (χ1) is 14.1. The monoisotopic (exact) mass is 394 g/mol. The number of fused-ring (bicyclic) bond motifs is 1. The Kier molecular flexibility index (Phi) is 5.32. The molecule has 0 bridgehead atoms. The molecule has 150 valence electrons. The Bertz CT molecular complexity index is 983. The molecule has 3 N–H and O–H groups in total. The smallest absolute Gasteiger partial charge is 0.255 e. The van der Waals surface area contributed by atoms with Crippen molar-refractivity contribution in [2.24, 2.45) is 5.92 Å². The molecular formula is C19H22N8O2. The van der Waals surface area contributed by atoms with Crippen LogP contribution in [0.1, 0.15) is 51.6 Å². The Morgan fingerprint density at radius 1 is 1.34 bits per heavy atom. The number of aryl methyl sites for hydroxylation is 1. The van der Waals surface area contributed by atoms with Gasteiger partial charge >= 0.3 is 0 Å². The first-order valence-corrected chi connectivity index (χ1v) is 9.51. The SMILES string of the molecule is C[C@H](NC(=O)c1cnn2c1C[C@H](CNC(=O)c1cccnc1)CC2)c1ncn[nH]1. The first kappa shape index (κ1) is 18.8. The summed E-state index contributed by atoms with van der Waals surface area (Å²) in [7, 11) is 0. The molecule has 4 rings (SSSR count). The fourth-order valence-electron chi connectivity index (χ4n) is 3.47. The quantitative estimate of drug-likeness (QED) is 0.569. The Morgan fingerprint density at radius 2 is 2.24 bits per heavy atom. The number of nitrogens with zero attached hydrogens (tertiary/aromatic N) is 5. The van der Waals surface area contributed by atoms with Crippen LogP contribution in [0, 0.1) is 5.92 Å². The summed E-state index contributed by atoms with van der Waals surface area (Å²) in [6.07, 6.45) is 7.75. The Balaban J connectivity index is 1.38. The highest BCUT2D eigenvalue weighted by Crippen LogP contribution is 2.23. The van der Waals surface area contributed by atoms with Crippen LogP contribution in [0.15, 0.2) is 37.1 Å². The van der Waals surface area contributed by atoms with Crippen LogP contribution in [-0.2, 0) is 13.0 Å². The van der Waals surface area contributed by atoms with Crippen LogP contribution in [0.3, 0.4) is 0 Å². The minimum Gasteiger partial charge on any atom is -0.352 e. The van der Waals surface area contributed by atoms with E-state index < -0.39 is 0 Å². The van der Waals surface area contributed by atoms with Crippen molar-refractivity contribution in [1.82, 2.24) is 40.6 Å². The second-order valence-electron chi connectivity index (χ2n) is 7.10. The van der Waals surface area contributed by atoms with Crippen LogP contribution in [0.2, 0.25) is 0 Å². The predicted molar refractivity (Wildman–Crippen MR) is 103 cm³/mol. The average Bonchev–Trinajstić information content (AvgIpc) is 3.42. The largest absolute Gasteiger partial charge is 0.352 e. The number of aromatic nitrogens is 6. The van der Waals surface area contributed by atoms with E-state index in [0.717, 1.165) is 12.1 Å². The number of nitrogens with one attached hydrogen (secondary N) is 3. The summed E-state index contributed by atoms with van der Waals surface area (Å²) >= 11 is 0. The summed E-state index contributed by atoms with van der Waals surface area (Å²) in [6.45, 7) is 3.09. The maximum atomic E-state index is 12.7. The molecule has 1 aliphatic rings. The van der Waals surface area contributed by atoms with E-state index in [1.54, 1.807) is 30.7 Å². The van der Waals surface area contributed by atoms with E-state index in [-0.39, 0.29) is 23.8 Å². The molecule has 1 aliphatic heterocycles. The number of pyridine rings is 1. The predicted octanol–water partition coefficient (Wildman–Crippen LogP) is 0.880. The number of carbonyl (C=O) groups excluding carboxylic acids is 2. The number of H-pyrrole nitrogens is 1. The van der Waals surface area contributed by atoms with E-state index in [0.29, 0.717) is 36.5 Å². The van der Waals surface area contributed by atoms with Crippen molar-refractivity contribution in [1.29, 1.82) is 0 Å². The molecule has 2 amide bonds. The lowest BCUT2D eigenvalue weighted by Crippen LogP contribution is -2.34. The number of hydrogen-bond donors (Lipinski definition) is 3. The van der Waals surface area contributed by atoms with Gasteiger partial charge in [0.05, 0.1) is 29.1 Å². The van der Waals surface area contributed by atoms with Crippen molar-refractivity contribution in [3.8, 4) is 0 Å². The van der Waals surface area contributed by atoms with E-state index in [2.05, 4.69) is 35.9 Å². The molecule has 2 atom stereocenters. The van der Waals surface area contributed by atoms with Crippen molar-refractivity contribution in [3.05, 3.63) is 59.7 Å². The maximum Gasteiger partial charge on any atom is 0.255 e. The van der Waals surface area contributed by atoms with E-state index in [9.17, 15) is 9.59 Å². The minimum absolute atomic E-state index is 0.143. The van der Waals surface area contributed by atoms with Gasteiger partial charge in [0, 0.05) is 25.5 Å². The lowest BCUT2D eigenvalue weighted by Gasteiger charge is -2.24. The van der Waals surface area contributed by atoms with Gasteiger partial charge in [-0.15, -0.1) is 0 Å². The van der Waals surface area contributed by atoms with Crippen molar-refractivity contribution in [3.63, 3.8) is 0 Å². The molecule has 0 unspecified atom stereocenters. The second-order valence-corrected chi connectivity index (χ2v) is 7.10. The number of hydrogen-bond acceptors (Lipinski definition) is 6. The van der Waals surface area contributed by atoms with Gasteiger partial charge in [-0.05, 0) is 37.8 Å². The fraction of sp³-hybridized carbons (Fsp3) is 0.368. The minimum atomic E-state index is -0.293. The molecule has 10 nitrogen and oxygen atoms in total. The summed E-state index contributed by atoms with van der Waals surface area (Å²) < 4.78 is 1.87. The van der Waals surface area contributed by atoms with Gasteiger partial charge in [0.1, 0.15) is 12.2 Å². The van der Waals surface area contributed by atoms with E-state index >= 15 is 0 Å². The molecule has 4 heterocycles. The van der Waals surface area contributed by atoms with Gasteiger partial charge in [0.15, 0.2) is 0 Å². The Labute approximate surface area is 167 Å². The average molecular weight is 394 g/mol. The molecule has 0 radical (unpaired) electrons. The number of rotatable bonds is 6. The van der Waals surface area contributed by atoms with Gasteiger partial charge in [0.2, 0.25) is 0 Å². The molecule has 0 spiro atoms. The van der Waals surface area contributed by atoms with Gasteiger partial charge < -0.3 is 10.6 Å². The van der Waals surface area contributed by atoms with E-state index in [1.165, 1.54) is 6.33 Å². The zero-order valence-corrected chi connectivity index (χ0v) is 16.0. The molecule has 10 heteroatoms. The van der Waals surface area contributed by atoms with Crippen LogP contribution < -0.4 is 10.6 Å². The highest BCUT2D eigenvalue weighted by molar-refractivity contribution is 5.95. The summed E-state index contributed by atoms with van der Waals surface area (Å²) in [5, 5.41) is 16.8. The van der Waals surface area contributed by atoms with Gasteiger partial charge in [0.25, 0.3) is 11.8 Å². The van der Waals surface area contributed by atoms with Gasteiger partial charge in [-0.25, -0.2) is 4.98 Å². The Morgan fingerprint density at radius 3 is 3.00 bits per heavy atom. The van der Waals surface area contributed by atoms with Crippen LogP contribution in [-0.4, -0.2) is 48.3 Å². The van der Waals surface area contributed by atoms with Crippen LogP contribution in [0.4, 0.5) is 0 Å². The summed E-state index contributed by atoms with van der Waals surface area (Å²) in [6, 6.07) is 3.17. The topological polar surface area (TPSA) is 130 Å². The zero-order valence-electron chi connectivity index (χ0n) is 16.0.